The molecule has 2 aliphatic heterocycles. The Morgan fingerprint density at radius 3 is 2.32 bits per heavy atom. The van der Waals surface area contributed by atoms with E-state index in [4.69, 9.17) is 5.73 Å². The molecule has 152 valence electrons. The molecule has 3 fully saturated rings. The van der Waals surface area contributed by atoms with Crippen LogP contribution in [0.25, 0.3) is 0 Å². The number of benzene rings is 1. The van der Waals surface area contributed by atoms with Crippen LogP contribution in [0.1, 0.15) is 24.8 Å². The van der Waals surface area contributed by atoms with Gasteiger partial charge < -0.3 is 15.5 Å². The van der Waals surface area contributed by atoms with Crippen molar-refractivity contribution in [3.8, 4) is 0 Å². The maximum Gasteiger partial charge on any atom is 0.320 e. The summed E-state index contributed by atoms with van der Waals surface area (Å²) >= 11 is 0. The van der Waals surface area contributed by atoms with Crippen molar-refractivity contribution >= 4 is 21.8 Å². The summed E-state index contributed by atoms with van der Waals surface area (Å²) in [6, 6.07) is 7.20. The second kappa shape index (κ2) is 6.76. The van der Waals surface area contributed by atoms with E-state index in [2.05, 4.69) is 0 Å². The molecular weight excluding hydrogens is 378 g/mol. The van der Waals surface area contributed by atoms with Crippen molar-refractivity contribution in [3.05, 3.63) is 29.8 Å². The highest BCUT2D eigenvalue weighted by atomic mass is 32.2. The number of rotatable bonds is 4. The van der Waals surface area contributed by atoms with Crippen LogP contribution in [0, 0.1) is 17.3 Å². The molecule has 1 aliphatic carbocycles. The van der Waals surface area contributed by atoms with Gasteiger partial charge >= 0.3 is 6.03 Å². The van der Waals surface area contributed by atoms with Crippen molar-refractivity contribution in [2.45, 2.75) is 30.6 Å². The average Bonchev–Trinajstić information content (AvgIpc) is 3.05. The summed E-state index contributed by atoms with van der Waals surface area (Å²) in [5.41, 5.74) is 6.77. The molecule has 1 aromatic carbocycles. The second-order valence-electron chi connectivity index (χ2n) is 8.87. The van der Waals surface area contributed by atoms with Crippen LogP contribution in [-0.4, -0.2) is 62.6 Å². The number of carbonyl (C=O) groups excluding carboxylic acids is 2. The van der Waals surface area contributed by atoms with Crippen molar-refractivity contribution in [1.29, 1.82) is 0 Å². The zero-order valence-electron chi connectivity index (χ0n) is 16.1. The minimum absolute atomic E-state index is 0.0363. The van der Waals surface area contributed by atoms with E-state index >= 15 is 0 Å². The Morgan fingerprint density at radius 2 is 1.79 bits per heavy atom. The summed E-state index contributed by atoms with van der Waals surface area (Å²) < 4.78 is 23.1. The van der Waals surface area contributed by atoms with Gasteiger partial charge in [-0.25, -0.2) is 13.2 Å². The summed E-state index contributed by atoms with van der Waals surface area (Å²) in [5.74, 6) is 0.0653. The second-order valence-corrected chi connectivity index (χ2v) is 10.9. The molecule has 2 N–H and O–H groups in total. The van der Waals surface area contributed by atoms with E-state index in [0.29, 0.717) is 30.3 Å². The van der Waals surface area contributed by atoms with Gasteiger partial charge in [0.2, 0.25) is 5.91 Å². The SMILES string of the molecule is CS(=O)(=O)c1ccc(CC2CC3(C2)CN(C(=O)N2CC[C@H](C(N)=O)C2)C3)cc1. The summed E-state index contributed by atoms with van der Waals surface area (Å²) in [5, 5.41) is 0. The molecule has 1 atom stereocenters. The van der Waals surface area contributed by atoms with Crippen LogP contribution in [0.3, 0.4) is 0 Å². The van der Waals surface area contributed by atoms with Crippen LogP contribution in [0.4, 0.5) is 4.79 Å². The van der Waals surface area contributed by atoms with Gasteiger partial charge in [0.25, 0.3) is 0 Å². The summed E-state index contributed by atoms with van der Waals surface area (Å²) in [6.45, 7) is 2.66. The third-order valence-electron chi connectivity index (χ3n) is 6.50. The first-order valence-electron chi connectivity index (χ1n) is 9.77. The lowest BCUT2D eigenvalue weighted by Crippen LogP contribution is -2.65. The normalized spacial score (nSPS) is 24.1. The number of urea groups is 1. The average molecular weight is 406 g/mol. The molecule has 3 aliphatic rings. The minimum Gasteiger partial charge on any atom is -0.369 e. The number of hydrogen-bond donors (Lipinski definition) is 1. The van der Waals surface area contributed by atoms with E-state index in [1.54, 1.807) is 17.0 Å². The van der Waals surface area contributed by atoms with Gasteiger partial charge in [-0.05, 0) is 49.3 Å². The topological polar surface area (TPSA) is 101 Å². The summed E-state index contributed by atoms with van der Waals surface area (Å²) in [7, 11) is -3.15. The Bertz CT molecular complexity index is 883. The van der Waals surface area contributed by atoms with E-state index in [9.17, 15) is 18.0 Å². The fourth-order valence-electron chi connectivity index (χ4n) is 5.04. The molecule has 1 spiro atoms. The lowest BCUT2D eigenvalue weighted by molar-refractivity contribution is -0.121. The van der Waals surface area contributed by atoms with Crippen LogP contribution in [-0.2, 0) is 21.1 Å². The van der Waals surface area contributed by atoms with Gasteiger partial charge in [-0.15, -0.1) is 0 Å². The van der Waals surface area contributed by atoms with Gasteiger partial charge in [-0.3, -0.25) is 4.79 Å². The van der Waals surface area contributed by atoms with Crippen LogP contribution in [0.15, 0.2) is 29.2 Å². The molecule has 1 saturated carbocycles. The Morgan fingerprint density at radius 1 is 1.14 bits per heavy atom. The molecule has 0 bridgehead atoms. The van der Waals surface area contributed by atoms with Gasteiger partial charge in [0.05, 0.1) is 10.8 Å². The van der Waals surface area contributed by atoms with Crippen LogP contribution >= 0.6 is 0 Å². The van der Waals surface area contributed by atoms with Crippen LogP contribution in [0.5, 0.6) is 0 Å². The van der Waals surface area contributed by atoms with Gasteiger partial charge in [0.1, 0.15) is 0 Å². The number of sulfone groups is 1. The van der Waals surface area contributed by atoms with Crippen molar-refractivity contribution in [2.75, 3.05) is 32.4 Å². The zero-order chi connectivity index (χ0) is 20.1. The van der Waals surface area contributed by atoms with E-state index in [0.717, 1.165) is 37.9 Å². The molecule has 0 aromatic heterocycles. The molecule has 2 saturated heterocycles. The molecular formula is C20H27N3O4S. The lowest BCUT2D eigenvalue weighted by atomic mass is 9.56. The van der Waals surface area contributed by atoms with E-state index < -0.39 is 9.84 Å². The van der Waals surface area contributed by atoms with Crippen molar-refractivity contribution < 1.29 is 18.0 Å². The highest BCUT2D eigenvalue weighted by Gasteiger charge is 2.54. The van der Waals surface area contributed by atoms with Gasteiger partial charge in [-0.1, -0.05) is 12.1 Å². The van der Waals surface area contributed by atoms with Crippen molar-refractivity contribution in [3.63, 3.8) is 0 Å². The molecule has 0 unspecified atom stereocenters. The summed E-state index contributed by atoms with van der Waals surface area (Å²) in [6.07, 6.45) is 5.05. The molecule has 28 heavy (non-hydrogen) atoms. The third kappa shape index (κ3) is 3.62. The largest absolute Gasteiger partial charge is 0.369 e. The highest BCUT2D eigenvalue weighted by Crippen LogP contribution is 2.53. The predicted octanol–water partition coefficient (Wildman–Crippen LogP) is 1.27. The van der Waals surface area contributed by atoms with Crippen LogP contribution < -0.4 is 5.73 Å². The Kier molecular flexibility index (Phi) is 4.64. The van der Waals surface area contributed by atoms with Crippen LogP contribution in [0.2, 0.25) is 0 Å². The van der Waals surface area contributed by atoms with Gasteiger partial charge in [0, 0.05) is 37.8 Å². The minimum atomic E-state index is -3.15. The monoisotopic (exact) mass is 405 g/mol. The number of likely N-dealkylation sites (tertiary alicyclic amines) is 2. The maximum atomic E-state index is 12.6. The number of primary amides is 1. The number of amides is 3. The molecule has 1 aromatic rings. The van der Waals surface area contributed by atoms with E-state index in [1.165, 1.54) is 6.26 Å². The van der Waals surface area contributed by atoms with E-state index in [1.807, 2.05) is 17.0 Å². The molecule has 3 amide bonds. The standard InChI is InChI=1S/C20H27N3O4S/c1-28(26,27)17-4-2-14(3-5-17)8-15-9-20(10-15)12-23(13-20)19(25)22-7-6-16(11-22)18(21)24/h2-5,15-16H,6-13H2,1H3,(H2,21,24)/t16-/m0/s1. The molecule has 8 heteroatoms. The summed E-state index contributed by atoms with van der Waals surface area (Å²) in [4.78, 5) is 27.8. The number of hydrogen-bond acceptors (Lipinski definition) is 4. The molecule has 7 nitrogen and oxygen atoms in total. The first-order chi connectivity index (χ1) is 13.2. The smallest absolute Gasteiger partial charge is 0.320 e. The third-order valence-corrected chi connectivity index (χ3v) is 7.63. The van der Waals surface area contributed by atoms with Crippen molar-refractivity contribution in [1.82, 2.24) is 9.80 Å². The molecule has 2 heterocycles. The first kappa shape index (κ1) is 19.2. The Labute approximate surface area is 165 Å². The fourth-order valence-corrected chi connectivity index (χ4v) is 5.67. The first-order valence-corrected chi connectivity index (χ1v) is 11.7. The maximum absolute atomic E-state index is 12.6. The lowest BCUT2D eigenvalue weighted by Gasteiger charge is -2.59. The quantitative estimate of drug-likeness (QED) is 0.815. The molecule has 0 radical (unpaired) electrons. The molecule has 4 rings (SSSR count). The Hall–Kier alpha value is -2.09. The highest BCUT2D eigenvalue weighted by molar-refractivity contribution is 7.90. The van der Waals surface area contributed by atoms with Crippen molar-refractivity contribution in [2.24, 2.45) is 23.0 Å². The number of carbonyl (C=O) groups is 2. The van der Waals surface area contributed by atoms with Gasteiger partial charge in [-0.2, -0.15) is 0 Å². The predicted molar refractivity (Wildman–Crippen MR) is 104 cm³/mol. The van der Waals surface area contributed by atoms with E-state index in [-0.39, 0.29) is 23.3 Å². The number of nitrogens with two attached hydrogens (primary N) is 1. The zero-order valence-corrected chi connectivity index (χ0v) is 17.0. The Balaban J connectivity index is 1.23. The number of nitrogens with zero attached hydrogens (tertiary/aromatic N) is 2. The fraction of sp³-hybridized carbons (Fsp3) is 0.600. The van der Waals surface area contributed by atoms with Gasteiger partial charge in [0.15, 0.2) is 9.84 Å².